The molecule has 1 aliphatic heterocycles. The Balaban J connectivity index is 0.00000172. The zero-order chi connectivity index (χ0) is 25.2. The largest absolute Gasteiger partial charge is 0.479 e. The molecule has 2 rings (SSSR count). The second-order valence-corrected chi connectivity index (χ2v) is 8.73. The molecule has 1 fully saturated rings. The lowest BCUT2D eigenvalue weighted by atomic mass is 10.0. The lowest BCUT2D eigenvalue weighted by Gasteiger charge is -2.26. The van der Waals surface area contributed by atoms with Gasteiger partial charge in [-0.2, -0.15) is 13.2 Å². The minimum atomic E-state index is -4.63. The van der Waals surface area contributed by atoms with E-state index in [1.165, 1.54) is 12.1 Å². The van der Waals surface area contributed by atoms with Crippen LogP contribution in [-0.2, 0) is 20.7 Å². The number of nitrogens with zero attached hydrogens (tertiary/aromatic N) is 1. The predicted octanol–water partition coefficient (Wildman–Crippen LogP) is 3.53. The number of rotatable bonds is 6. The van der Waals surface area contributed by atoms with Crippen molar-refractivity contribution in [2.75, 3.05) is 13.1 Å². The molecule has 0 aromatic heterocycles. The number of alkyl carbamates (subject to hydrolysis) is 1. The number of nitrogens with one attached hydrogen (secondary N) is 1. The molecule has 0 saturated carbocycles. The van der Waals surface area contributed by atoms with E-state index in [9.17, 15) is 27.2 Å². The Labute approximate surface area is 193 Å². The fourth-order valence-electron chi connectivity index (χ4n) is 2.87. The minimum absolute atomic E-state index is 0.0490. The van der Waals surface area contributed by atoms with Gasteiger partial charge < -0.3 is 24.9 Å². The first-order chi connectivity index (χ1) is 15.3. The predicted molar refractivity (Wildman–Crippen MR) is 114 cm³/mol. The Morgan fingerprint density at radius 3 is 2.30 bits per heavy atom. The number of halogens is 4. The Bertz CT molecular complexity index is 812. The maximum absolute atomic E-state index is 14.4. The van der Waals surface area contributed by atoms with Crippen LogP contribution in [-0.4, -0.2) is 53.6 Å². The molecule has 1 aliphatic rings. The molecule has 1 aromatic carbocycles. The smallest absolute Gasteiger partial charge is 0.444 e. The molecule has 3 N–H and O–H groups in total. The Hall–Kier alpha value is -2.70. The van der Waals surface area contributed by atoms with Crippen LogP contribution >= 0.6 is 12.0 Å². The monoisotopic (exact) mass is 497 g/mol. The summed E-state index contributed by atoms with van der Waals surface area (Å²) < 4.78 is 60.7. The number of primary amides is 1. The molecule has 8 nitrogen and oxygen atoms in total. The molecule has 13 heteroatoms. The zero-order valence-electron chi connectivity index (χ0n) is 18.4. The van der Waals surface area contributed by atoms with Crippen LogP contribution in [0.1, 0.15) is 39.2 Å². The number of carbonyl (C=O) groups is 3. The van der Waals surface area contributed by atoms with Crippen molar-refractivity contribution in [3.63, 3.8) is 0 Å². The zero-order valence-corrected chi connectivity index (χ0v) is 19.2. The average Bonchev–Trinajstić information content (AvgIpc) is 3.20. The topological polar surface area (TPSA) is 111 Å². The summed E-state index contributed by atoms with van der Waals surface area (Å²) in [5.41, 5.74) is -1.20. The number of hydrogen-bond donors (Lipinski definition) is 2. The summed E-state index contributed by atoms with van der Waals surface area (Å²) in [6, 6.07) is 2.12. The van der Waals surface area contributed by atoms with Gasteiger partial charge in [0.1, 0.15) is 23.2 Å². The molecule has 0 radical (unpaired) electrons. The van der Waals surface area contributed by atoms with Gasteiger partial charge in [0.2, 0.25) is 12.3 Å². The van der Waals surface area contributed by atoms with Gasteiger partial charge in [0.25, 0.3) is 0 Å². The standard InChI is InChI=1S/C19H24F4N2O4S.CH3NO/c1-18(2,3)28-17(27)24-15(16(26)25-8-4-5-9-25)10-12-6-7-13(11-14(12)20)29-30-19(21,22)23;2-1-3/h6-7,11,15H,4-5,8-10H2,1-3H3,(H,24,27);1H,(H2,2,3). The van der Waals surface area contributed by atoms with E-state index in [1.54, 1.807) is 25.7 Å². The van der Waals surface area contributed by atoms with Crippen molar-refractivity contribution in [3.8, 4) is 5.75 Å². The molecule has 186 valence electrons. The van der Waals surface area contributed by atoms with Gasteiger partial charge in [-0.1, -0.05) is 6.07 Å². The van der Waals surface area contributed by atoms with E-state index < -0.39 is 41.1 Å². The summed E-state index contributed by atoms with van der Waals surface area (Å²) in [7, 11) is 0. The number of likely N-dealkylation sites (tertiary alicyclic amines) is 1. The normalized spacial score (nSPS) is 14.6. The summed E-state index contributed by atoms with van der Waals surface area (Å²) in [6.45, 7) is 6.08. The van der Waals surface area contributed by atoms with E-state index in [2.05, 4.69) is 15.2 Å². The van der Waals surface area contributed by atoms with E-state index >= 15 is 0 Å². The first-order valence-corrected chi connectivity index (χ1v) is 10.6. The number of hydrogen-bond acceptors (Lipinski definition) is 6. The van der Waals surface area contributed by atoms with Gasteiger partial charge >= 0.3 is 11.6 Å². The van der Waals surface area contributed by atoms with Crippen molar-refractivity contribution >= 4 is 30.5 Å². The van der Waals surface area contributed by atoms with Crippen LogP contribution in [0.5, 0.6) is 5.75 Å². The Morgan fingerprint density at radius 2 is 1.82 bits per heavy atom. The van der Waals surface area contributed by atoms with Gasteiger partial charge in [-0.25, -0.2) is 9.18 Å². The molecular weight excluding hydrogens is 470 g/mol. The highest BCUT2D eigenvalue weighted by Gasteiger charge is 2.32. The van der Waals surface area contributed by atoms with Gasteiger partial charge in [0, 0.05) is 25.6 Å². The van der Waals surface area contributed by atoms with E-state index in [1.807, 2.05) is 0 Å². The number of alkyl halides is 3. The van der Waals surface area contributed by atoms with Crippen LogP contribution in [0.4, 0.5) is 22.4 Å². The second-order valence-electron chi connectivity index (χ2n) is 7.94. The molecular formula is C20H27F4N3O5S. The summed E-state index contributed by atoms with van der Waals surface area (Å²) in [5, 5.41) is 2.48. The number of benzene rings is 1. The molecule has 0 bridgehead atoms. The Kier molecular flexibility index (Phi) is 10.7. The maximum Gasteiger partial charge on any atom is 0.479 e. The van der Waals surface area contributed by atoms with Gasteiger partial charge in [-0.15, -0.1) is 0 Å². The van der Waals surface area contributed by atoms with Gasteiger partial charge in [0.15, 0.2) is 12.0 Å². The molecule has 1 saturated heterocycles. The van der Waals surface area contributed by atoms with Crippen molar-refractivity contribution in [2.45, 2.75) is 57.2 Å². The molecule has 1 unspecified atom stereocenters. The summed E-state index contributed by atoms with van der Waals surface area (Å²) in [5.74, 6) is -1.53. The summed E-state index contributed by atoms with van der Waals surface area (Å²) in [6.07, 6.45) is 0.916. The van der Waals surface area contributed by atoms with Crippen molar-refractivity contribution < 1.29 is 40.9 Å². The highest BCUT2D eigenvalue weighted by Crippen LogP contribution is 2.33. The highest BCUT2D eigenvalue weighted by molar-refractivity contribution is 7.95. The van der Waals surface area contributed by atoms with Gasteiger partial charge in [0.05, 0.1) is 0 Å². The number of ether oxygens (including phenoxy) is 1. The number of carbonyl (C=O) groups excluding carboxylic acids is 3. The SMILES string of the molecule is CC(C)(C)OC(=O)NC(Cc1ccc(OSC(F)(F)F)cc1F)C(=O)N1CCCC1.NC=O. The number of amides is 3. The maximum atomic E-state index is 14.4. The number of nitrogens with two attached hydrogens (primary N) is 1. The van der Waals surface area contributed by atoms with Crippen LogP contribution in [0.3, 0.4) is 0 Å². The van der Waals surface area contributed by atoms with E-state index in [-0.39, 0.29) is 30.1 Å². The third-order valence-electron chi connectivity index (χ3n) is 4.09. The fraction of sp³-hybridized carbons (Fsp3) is 0.550. The van der Waals surface area contributed by atoms with Crippen LogP contribution < -0.4 is 15.2 Å². The first kappa shape index (κ1) is 28.3. The van der Waals surface area contributed by atoms with E-state index in [4.69, 9.17) is 9.53 Å². The molecule has 0 spiro atoms. The quantitative estimate of drug-likeness (QED) is 0.353. The van der Waals surface area contributed by atoms with Crippen LogP contribution in [0.2, 0.25) is 0 Å². The third kappa shape index (κ3) is 11.1. The van der Waals surface area contributed by atoms with Crippen LogP contribution in [0.15, 0.2) is 18.2 Å². The van der Waals surface area contributed by atoms with E-state index in [0.29, 0.717) is 13.1 Å². The van der Waals surface area contributed by atoms with Crippen molar-refractivity contribution in [1.82, 2.24) is 10.2 Å². The second kappa shape index (κ2) is 12.5. The van der Waals surface area contributed by atoms with Crippen molar-refractivity contribution in [2.24, 2.45) is 5.73 Å². The summed E-state index contributed by atoms with van der Waals surface area (Å²) in [4.78, 5) is 35.2. The molecule has 1 aromatic rings. The van der Waals surface area contributed by atoms with Gasteiger partial charge in [-0.3, -0.25) is 9.59 Å². The van der Waals surface area contributed by atoms with E-state index in [0.717, 1.165) is 18.9 Å². The lowest BCUT2D eigenvalue weighted by Crippen LogP contribution is -2.50. The van der Waals surface area contributed by atoms with Crippen molar-refractivity contribution in [3.05, 3.63) is 29.6 Å². The molecule has 3 amide bonds. The molecule has 1 atom stereocenters. The van der Waals surface area contributed by atoms with Crippen LogP contribution in [0.25, 0.3) is 0 Å². The van der Waals surface area contributed by atoms with Gasteiger partial charge in [-0.05, 0) is 45.2 Å². The molecule has 0 aliphatic carbocycles. The van der Waals surface area contributed by atoms with Crippen molar-refractivity contribution in [1.29, 1.82) is 0 Å². The fourth-order valence-corrected chi connectivity index (χ4v) is 3.16. The summed E-state index contributed by atoms with van der Waals surface area (Å²) >= 11 is -0.751. The first-order valence-electron chi connectivity index (χ1n) is 9.90. The van der Waals surface area contributed by atoms with Crippen LogP contribution in [0, 0.1) is 5.82 Å². The highest BCUT2D eigenvalue weighted by atomic mass is 32.2. The average molecular weight is 498 g/mol. The lowest BCUT2D eigenvalue weighted by molar-refractivity contribution is -0.132. The Morgan fingerprint density at radius 1 is 1.24 bits per heavy atom. The third-order valence-corrected chi connectivity index (χ3v) is 4.55. The molecule has 33 heavy (non-hydrogen) atoms. The molecule has 1 heterocycles. The minimum Gasteiger partial charge on any atom is -0.444 e.